The van der Waals surface area contributed by atoms with Gasteiger partial charge in [0, 0.05) is 18.8 Å². The molecule has 0 aliphatic carbocycles. The highest BCUT2D eigenvalue weighted by atomic mass is 16.2. The third kappa shape index (κ3) is 4.35. The zero-order valence-electron chi connectivity index (χ0n) is 13.5. The molecule has 1 aromatic heterocycles. The van der Waals surface area contributed by atoms with Crippen molar-refractivity contribution in [1.82, 2.24) is 20.4 Å². The van der Waals surface area contributed by atoms with E-state index in [9.17, 15) is 4.79 Å². The molecule has 0 atom stereocenters. The fraction of sp³-hybridized carbons (Fsp3) is 0.412. The number of amides is 2. The first-order valence-electron chi connectivity index (χ1n) is 7.72. The van der Waals surface area contributed by atoms with Crippen molar-refractivity contribution in [3.8, 4) is 0 Å². The number of urea groups is 1. The van der Waals surface area contributed by atoms with Gasteiger partial charge in [-0.3, -0.25) is 4.68 Å². The van der Waals surface area contributed by atoms with Crippen LogP contribution in [0.2, 0.25) is 0 Å². The SMILES string of the molecule is CCc1ccccc1CNC(=O)NCc1ccn(C(C)C)n1. The third-order valence-corrected chi connectivity index (χ3v) is 3.56. The van der Waals surface area contributed by atoms with E-state index in [1.165, 1.54) is 5.56 Å². The smallest absolute Gasteiger partial charge is 0.315 e. The molecule has 0 saturated heterocycles. The fourth-order valence-corrected chi connectivity index (χ4v) is 2.24. The van der Waals surface area contributed by atoms with Crippen LogP contribution in [0.5, 0.6) is 0 Å². The predicted octanol–water partition coefficient (Wildman–Crippen LogP) is 3.03. The van der Waals surface area contributed by atoms with E-state index >= 15 is 0 Å². The number of nitrogens with zero attached hydrogens (tertiary/aromatic N) is 2. The third-order valence-electron chi connectivity index (χ3n) is 3.56. The Kier molecular flexibility index (Phi) is 5.58. The van der Waals surface area contributed by atoms with E-state index in [1.54, 1.807) is 0 Å². The number of nitrogens with one attached hydrogen (secondary N) is 2. The molecule has 0 unspecified atom stereocenters. The molecule has 0 bridgehead atoms. The van der Waals surface area contributed by atoms with Crippen LogP contribution in [0, 0.1) is 0 Å². The second-order valence-corrected chi connectivity index (χ2v) is 5.54. The molecule has 2 rings (SSSR count). The largest absolute Gasteiger partial charge is 0.334 e. The second-order valence-electron chi connectivity index (χ2n) is 5.54. The van der Waals surface area contributed by atoms with E-state index in [0.717, 1.165) is 17.7 Å². The summed E-state index contributed by atoms with van der Waals surface area (Å²) >= 11 is 0. The quantitative estimate of drug-likeness (QED) is 0.861. The zero-order valence-corrected chi connectivity index (χ0v) is 13.5. The van der Waals surface area contributed by atoms with Crippen molar-refractivity contribution in [2.75, 3.05) is 0 Å². The number of carbonyl (C=O) groups excluding carboxylic acids is 1. The van der Waals surface area contributed by atoms with Gasteiger partial charge in [0.25, 0.3) is 0 Å². The van der Waals surface area contributed by atoms with Crippen LogP contribution in [0.1, 0.15) is 43.6 Å². The van der Waals surface area contributed by atoms with Crippen LogP contribution in [-0.2, 0) is 19.5 Å². The van der Waals surface area contributed by atoms with Gasteiger partial charge in [0.1, 0.15) is 0 Å². The number of aromatic nitrogens is 2. The van der Waals surface area contributed by atoms with E-state index in [0.29, 0.717) is 19.1 Å². The molecular formula is C17H24N4O. The molecule has 5 nitrogen and oxygen atoms in total. The van der Waals surface area contributed by atoms with Gasteiger partial charge in [-0.05, 0) is 37.5 Å². The summed E-state index contributed by atoms with van der Waals surface area (Å²) in [6, 6.07) is 10.2. The Bertz CT molecular complexity index is 619. The van der Waals surface area contributed by atoms with Crippen LogP contribution in [0.15, 0.2) is 36.5 Å². The zero-order chi connectivity index (χ0) is 15.9. The van der Waals surface area contributed by atoms with Crippen LogP contribution in [0.25, 0.3) is 0 Å². The summed E-state index contributed by atoms with van der Waals surface area (Å²) in [7, 11) is 0. The Morgan fingerprint density at radius 1 is 1.14 bits per heavy atom. The molecule has 5 heteroatoms. The first-order chi connectivity index (χ1) is 10.6. The second kappa shape index (κ2) is 7.64. The summed E-state index contributed by atoms with van der Waals surface area (Å²) < 4.78 is 1.88. The average Bonchev–Trinajstić information content (AvgIpc) is 3.00. The number of benzene rings is 1. The van der Waals surface area contributed by atoms with Crippen molar-refractivity contribution >= 4 is 6.03 Å². The molecule has 1 heterocycles. The Hall–Kier alpha value is -2.30. The number of hydrogen-bond acceptors (Lipinski definition) is 2. The number of carbonyl (C=O) groups is 1. The monoisotopic (exact) mass is 300 g/mol. The van der Waals surface area contributed by atoms with Gasteiger partial charge in [-0.15, -0.1) is 0 Å². The van der Waals surface area contributed by atoms with Crippen molar-refractivity contribution in [1.29, 1.82) is 0 Å². The van der Waals surface area contributed by atoms with Gasteiger partial charge in [0.2, 0.25) is 0 Å². The Morgan fingerprint density at radius 2 is 1.82 bits per heavy atom. The van der Waals surface area contributed by atoms with E-state index < -0.39 is 0 Å². The topological polar surface area (TPSA) is 59.0 Å². The highest BCUT2D eigenvalue weighted by molar-refractivity contribution is 5.73. The Morgan fingerprint density at radius 3 is 2.45 bits per heavy atom. The molecule has 0 saturated carbocycles. The normalized spacial score (nSPS) is 10.7. The van der Waals surface area contributed by atoms with Gasteiger partial charge in [-0.2, -0.15) is 5.10 Å². The maximum Gasteiger partial charge on any atom is 0.315 e. The molecule has 0 fully saturated rings. The Balaban J connectivity index is 1.80. The van der Waals surface area contributed by atoms with E-state index in [2.05, 4.69) is 42.6 Å². The van der Waals surface area contributed by atoms with Gasteiger partial charge in [-0.1, -0.05) is 31.2 Å². The molecule has 1 aromatic carbocycles. The van der Waals surface area contributed by atoms with Gasteiger partial charge in [0.15, 0.2) is 0 Å². The summed E-state index contributed by atoms with van der Waals surface area (Å²) in [5.74, 6) is 0. The molecule has 2 aromatic rings. The van der Waals surface area contributed by atoms with Crippen LogP contribution in [-0.4, -0.2) is 15.8 Å². The fourth-order valence-electron chi connectivity index (χ4n) is 2.24. The number of rotatable bonds is 6. The minimum atomic E-state index is -0.176. The van der Waals surface area contributed by atoms with Crippen LogP contribution >= 0.6 is 0 Å². The first kappa shape index (κ1) is 16.1. The molecule has 118 valence electrons. The molecule has 2 amide bonds. The minimum absolute atomic E-state index is 0.176. The lowest BCUT2D eigenvalue weighted by Crippen LogP contribution is -2.34. The molecule has 0 radical (unpaired) electrons. The maximum absolute atomic E-state index is 11.9. The average molecular weight is 300 g/mol. The van der Waals surface area contributed by atoms with E-state index in [4.69, 9.17) is 0 Å². The lowest BCUT2D eigenvalue weighted by molar-refractivity contribution is 0.240. The maximum atomic E-state index is 11.9. The van der Waals surface area contributed by atoms with Crippen molar-refractivity contribution in [3.63, 3.8) is 0 Å². The van der Waals surface area contributed by atoms with Crippen molar-refractivity contribution < 1.29 is 4.79 Å². The molecule has 0 aliphatic heterocycles. The van der Waals surface area contributed by atoms with Crippen LogP contribution in [0.3, 0.4) is 0 Å². The predicted molar refractivity (Wildman–Crippen MR) is 87.5 cm³/mol. The van der Waals surface area contributed by atoms with E-state index in [-0.39, 0.29) is 6.03 Å². The summed E-state index contributed by atoms with van der Waals surface area (Å²) in [6.45, 7) is 7.23. The summed E-state index contributed by atoms with van der Waals surface area (Å²) in [5.41, 5.74) is 3.28. The Labute approximate surface area is 131 Å². The lowest BCUT2D eigenvalue weighted by atomic mass is 10.1. The van der Waals surface area contributed by atoms with Crippen LogP contribution in [0.4, 0.5) is 4.79 Å². The standard InChI is InChI=1S/C17H24N4O/c1-4-14-7-5-6-8-15(14)11-18-17(22)19-12-16-9-10-21(20-16)13(2)3/h5-10,13H,4,11-12H2,1-3H3,(H2,18,19,22). The minimum Gasteiger partial charge on any atom is -0.334 e. The highest BCUT2D eigenvalue weighted by Gasteiger charge is 2.06. The van der Waals surface area contributed by atoms with Crippen molar-refractivity contribution in [2.45, 2.75) is 46.3 Å². The van der Waals surface area contributed by atoms with Gasteiger partial charge < -0.3 is 10.6 Å². The molecule has 2 N–H and O–H groups in total. The number of hydrogen-bond donors (Lipinski definition) is 2. The van der Waals surface area contributed by atoms with Gasteiger partial charge in [0.05, 0.1) is 12.2 Å². The summed E-state index contributed by atoms with van der Waals surface area (Å²) in [4.78, 5) is 11.9. The van der Waals surface area contributed by atoms with Gasteiger partial charge >= 0.3 is 6.03 Å². The lowest BCUT2D eigenvalue weighted by Gasteiger charge is -2.10. The summed E-state index contributed by atoms with van der Waals surface area (Å²) in [6.07, 6.45) is 2.89. The highest BCUT2D eigenvalue weighted by Crippen LogP contribution is 2.08. The van der Waals surface area contributed by atoms with Crippen LogP contribution < -0.4 is 10.6 Å². The molecule has 22 heavy (non-hydrogen) atoms. The molecular weight excluding hydrogens is 276 g/mol. The molecule has 0 spiro atoms. The molecule has 0 aliphatic rings. The summed E-state index contributed by atoms with van der Waals surface area (Å²) in [5, 5.41) is 10.1. The van der Waals surface area contributed by atoms with Crippen molar-refractivity contribution in [3.05, 3.63) is 53.3 Å². The number of aryl methyl sites for hydroxylation is 1. The van der Waals surface area contributed by atoms with Gasteiger partial charge in [-0.25, -0.2) is 4.79 Å². The first-order valence-corrected chi connectivity index (χ1v) is 7.72. The van der Waals surface area contributed by atoms with E-state index in [1.807, 2.05) is 35.1 Å². The van der Waals surface area contributed by atoms with Crippen molar-refractivity contribution in [2.24, 2.45) is 0 Å².